The van der Waals surface area contributed by atoms with Crippen molar-refractivity contribution in [3.63, 3.8) is 0 Å². The average molecular weight is 394 g/mol. The number of nitrogens with zero attached hydrogens (tertiary/aromatic N) is 4. The molecule has 2 heterocycles. The lowest BCUT2D eigenvalue weighted by Crippen LogP contribution is -2.46. The molecule has 0 unspecified atom stereocenters. The van der Waals surface area contributed by atoms with Gasteiger partial charge in [0.15, 0.2) is 5.82 Å². The van der Waals surface area contributed by atoms with E-state index in [4.69, 9.17) is 4.74 Å². The van der Waals surface area contributed by atoms with Crippen LogP contribution in [0.25, 0.3) is 0 Å². The van der Waals surface area contributed by atoms with Crippen molar-refractivity contribution in [2.45, 2.75) is 51.2 Å². The molecule has 0 bridgehead atoms. The zero-order valence-corrected chi connectivity index (χ0v) is 15.6. The van der Waals surface area contributed by atoms with Gasteiger partial charge in [-0.3, -0.25) is 0 Å². The summed E-state index contributed by atoms with van der Waals surface area (Å²) in [5.41, 5.74) is 1.19. The number of halogens is 1. The van der Waals surface area contributed by atoms with E-state index < -0.39 is 0 Å². The monoisotopic (exact) mass is 393 g/mol. The largest absolute Gasteiger partial charge is 0.381 e. The number of hydrogen-bond acceptors (Lipinski definition) is 5. The molecule has 7 heteroatoms. The highest BCUT2D eigenvalue weighted by Gasteiger charge is 2.34. The van der Waals surface area contributed by atoms with Gasteiger partial charge in [0.05, 0.1) is 6.54 Å². The topological polar surface area (TPSA) is 64.9 Å². The van der Waals surface area contributed by atoms with Gasteiger partial charge < -0.3 is 10.1 Å². The van der Waals surface area contributed by atoms with E-state index in [0.29, 0.717) is 6.54 Å². The third-order valence-electron chi connectivity index (χ3n) is 4.64. The summed E-state index contributed by atoms with van der Waals surface area (Å²) >= 11 is 3.59. The number of aromatic nitrogens is 4. The van der Waals surface area contributed by atoms with Gasteiger partial charge in [0.1, 0.15) is 0 Å². The molecule has 0 aliphatic carbocycles. The fourth-order valence-corrected chi connectivity index (χ4v) is 3.55. The fourth-order valence-electron chi connectivity index (χ4n) is 3.15. The third-order valence-corrected chi connectivity index (χ3v) is 5.13. The zero-order valence-electron chi connectivity index (χ0n) is 14.0. The van der Waals surface area contributed by atoms with E-state index in [1.165, 1.54) is 5.56 Å². The van der Waals surface area contributed by atoms with Crippen molar-refractivity contribution in [2.75, 3.05) is 13.2 Å². The maximum absolute atomic E-state index is 5.59. The Bertz CT molecular complexity index is 654. The second kappa shape index (κ2) is 8.18. The molecule has 0 saturated carbocycles. The first-order chi connectivity index (χ1) is 11.7. The molecule has 1 aromatic carbocycles. The van der Waals surface area contributed by atoms with Gasteiger partial charge in [-0.15, -0.1) is 5.10 Å². The molecule has 1 saturated heterocycles. The number of rotatable bonds is 7. The summed E-state index contributed by atoms with van der Waals surface area (Å²) < 4.78 is 8.60. The third kappa shape index (κ3) is 4.02. The molecule has 3 rings (SSSR count). The van der Waals surface area contributed by atoms with Crippen molar-refractivity contribution < 1.29 is 4.74 Å². The van der Waals surface area contributed by atoms with Crippen LogP contribution >= 0.6 is 15.9 Å². The van der Waals surface area contributed by atoms with Crippen LogP contribution in [0.4, 0.5) is 0 Å². The molecular formula is C17H24BrN5O. The lowest BCUT2D eigenvalue weighted by Gasteiger charge is -2.38. The molecular weight excluding hydrogens is 370 g/mol. The van der Waals surface area contributed by atoms with Crippen molar-refractivity contribution in [2.24, 2.45) is 0 Å². The molecule has 1 N–H and O–H groups in total. The van der Waals surface area contributed by atoms with Gasteiger partial charge in [0.2, 0.25) is 0 Å². The molecule has 6 nitrogen and oxygen atoms in total. The first-order valence-electron chi connectivity index (χ1n) is 8.57. The SMILES string of the molecule is CCCCn1nnnc1CNC1(c2cccc(Br)c2)CCOCC1. The molecule has 1 aromatic heterocycles. The summed E-state index contributed by atoms with van der Waals surface area (Å²) in [6.07, 6.45) is 4.11. The molecule has 1 aliphatic rings. The number of aryl methyl sites for hydroxylation is 1. The lowest BCUT2D eigenvalue weighted by molar-refractivity contribution is 0.0353. The van der Waals surface area contributed by atoms with E-state index in [1.54, 1.807) is 0 Å². The molecule has 0 atom stereocenters. The normalized spacial score (nSPS) is 17.1. The molecule has 0 amide bonds. The van der Waals surface area contributed by atoms with Crippen molar-refractivity contribution in [1.82, 2.24) is 25.5 Å². The van der Waals surface area contributed by atoms with Crippen LogP contribution in [-0.2, 0) is 23.4 Å². The summed E-state index contributed by atoms with van der Waals surface area (Å²) in [4.78, 5) is 0. The fraction of sp³-hybridized carbons (Fsp3) is 0.588. The Balaban J connectivity index is 1.77. The standard InChI is InChI=1S/C17H24BrN5O/c1-2-3-9-23-16(20-21-22-23)13-19-17(7-10-24-11-8-17)14-5-4-6-15(18)12-14/h4-6,12,19H,2-3,7-11,13H2,1H3. The predicted molar refractivity (Wildman–Crippen MR) is 95.4 cm³/mol. The van der Waals surface area contributed by atoms with Gasteiger partial charge in [-0.25, -0.2) is 4.68 Å². The Labute approximate surface area is 151 Å². The smallest absolute Gasteiger partial charge is 0.165 e. The summed E-state index contributed by atoms with van der Waals surface area (Å²) in [7, 11) is 0. The van der Waals surface area contributed by atoms with E-state index in [2.05, 4.69) is 68.0 Å². The molecule has 0 spiro atoms. The maximum atomic E-state index is 5.59. The molecule has 1 fully saturated rings. The summed E-state index contributed by atoms with van der Waals surface area (Å²) in [6, 6.07) is 8.52. The zero-order chi connectivity index (χ0) is 16.8. The van der Waals surface area contributed by atoms with Crippen molar-refractivity contribution in [3.8, 4) is 0 Å². The number of nitrogens with one attached hydrogen (secondary N) is 1. The van der Waals surface area contributed by atoms with E-state index >= 15 is 0 Å². The quantitative estimate of drug-likeness (QED) is 0.782. The molecule has 24 heavy (non-hydrogen) atoms. The van der Waals surface area contributed by atoms with Crippen LogP contribution < -0.4 is 5.32 Å². The molecule has 1 aliphatic heterocycles. The number of hydrogen-bond donors (Lipinski definition) is 1. The number of ether oxygens (including phenoxy) is 1. The van der Waals surface area contributed by atoms with Crippen molar-refractivity contribution >= 4 is 15.9 Å². The highest BCUT2D eigenvalue weighted by atomic mass is 79.9. The first-order valence-corrected chi connectivity index (χ1v) is 9.37. The Hall–Kier alpha value is -1.31. The Morgan fingerprint density at radius 3 is 2.92 bits per heavy atom. The lowest BCUT2D eigenvalue weighted by atomic mass is 9.82. The number of unbranched alkanes of at least 4 members (excludes halogenated alkanes) is 1. The van der Waals surface area contributed by atoms with Crippen LogP contribution in [0.15, 0.2) is 28.7 Å². The first kappa shape index (κ1) is 17.5. The average Bonchev–Trinajstić information content (AvgIpc) is 3.06. The molecule has 0 radical (unpaired) electrons. The maximum Gasteiger partial charge on any atom is 0.165 e. The number of tetrazole rings is 1. The second-order valence-corrected chi connectivity index (χ2v) is 7.15. The van der Waals surface area contributed by atoms with E-state index in [-0.39, 0.29) is 5.54 Å². The van der Waals surface area contributed by atoms with E-state index in [0.717, 1.165) is 55.7 Å². The van der Waals surface area contributed by atoms with Crippen molar-refractivity contribution in [3.05, 3.63) is 40.1 Å². The minimum absolute atomic E-state index is 0.0937. The molecule has 2 aromatic rings. The van der Waals surface area contributed by atoms with E-state index in [1.807, 2.05) is 4.68 Å². The Kier molecular flexibility index (Phi) is 5.97. The number of benzene rings is 1. The Morgan fingerprint density at radius 2 is 2.17 bits per heavy atom. The van der Waals surface area contributed by atoms with Crippen LogP contribution in [0, 0.1) is 0 Å². The van der Waals surface area contributed by atoms with Gasteiger partial charge in [-0.05, 0) is 47.4 Å². The molecule has 130 valence electrons. The van der Waals surface area contributed by atoms with E-state index in [9.17, 15) is 0 Å². The minimum Gasteiger partial charge on any atom is -0.381 e. The summed E-state index contributed by atoms with van der Waals surface area (Å²) in [5, 5.41) is 15.9. The van der Waals surface area contributed by atoms with Crippen LogP contribution in [0.5, 0.6) is 0 Å². The van der Waals surface area contributed by atoms with Gasteiger partial charge in [-0.1, -0.05) is 41.4 Å². The summed E-state index contributed by atoms with van der Waals surface area (Å²) in [5.74, 6) is 0.893. The van der Waals surface area contributed by atoms with Crippen LogP contribution in [0.3, 0.4) is 0 Å². The second-order valence-electron chi connectivity index (χ2n) is 6.23. The van der Waals surface area contributed by atoms with Crippen LogP contribution in [0.1, 0.15) is 44.0 Å². The van der Waals surface area contributed by atoms with Crippen LogP contribution in [0.2, 0.25) is 0 Å². The highest BCUT2D eigenvalue weighted by Crippen LogP contribution is 2.33. The van der Waals surface area contributed by atoms with Gasteiger partial charge in [0, 0.05) is 29.8 Å². The van der Waals surface area contributed by atoms with Crippen LogP contribution in [-0.4, -0.2) is 33.4 Å². The van der Waals surface area contributed by atoms with Gasteiger partial charge in [-0.2, -0.15) is 0 Å². The highest BCUT2D eigenvalue weighted by molar-refractivity contribution is 9.10. The van der Waals surface area contributed by atoms with Crippen molar-refractivity contribution in [1.29, 1.82) is 0 Å². The minimum atomic E-state index is -0.0937. The predicted octanol–water partition coefficient (Wildman–Crippen LogP) is 3.03. The van der Waals surface area contributed by atoms with Gasteiger partial charge in [0.25, 0.3) is 0 Å². The summed E-state index contributed by atoms with van der Waals surface area (Å²) in [6.45, 7) is 5.23. The Morgan fingerprint density at radius 1 is 1.33 bits per heavy atom. The van der Waals surface area contributed by atoms with Gasteiger partial charge >= 0.3 is 0 Å².